The molecular formula is C35H47Y. The van der Waals surface area contributed by atoms with Gasteiger partial charge in [-0.25, -0.2) is 18.1 Å². The van der Waals surface area contributed by atoms with Crippen LogP contribution in [-0.4, -0.2) is 0 Å². The molecule has 2 aromatic carbocycles. The molecular weight excluding hydrogens is 509 g/mol. The van der Waals surface area contributed by atoms with Crippen molar-refractivity contribution in [3.8, 4) is 22.3 Å². The summed E-state index contributed by atoms with van der Waals surface area (Å²) < 4.78 is 0. The summed E-state index contributed by atoms with van der Waals surface area (Å²) in [7, 11) is 0. The molecule has 190 valence electrons. The Hall–Kier alpha value is -1.63. The van der Waals surface area contributed by atoms with E-state index in [1.54, 1.807) is 5.57 Å². The molecule has 0 spiro atoms. The molecule has 0 fully saturated rings. The summed E-state index contributed by atoms with van der Waals surface area (Å²) in [6.07, 6.45) is 13.6. The van der Waals surface area contributed by atoms with Crippen molar-refractivity contribution in [2.45, 2.75) is 68.2 Å². The van der Waals surface area contributed by atoms with Gasteiger partial charge in [0.15, 0.2) is 0 Å². The molecule has 0 heterocycles. The topological polar surface area (TPSA) is 0 Å². The second-order valence-corrected chi connectivity index (χ2v) is 9.06. The van der Waals surface area contributed by atoms with Crippen molar-refractivity contribution >= 4 is 11.1 Å². The van der Waals surface area contributed by atoms with E-state index in [1.165, 1.54) is 50.1 Å². The average Bonchev–Trinajstić information content (AvgIpc) is 3.54. The fraction of sp³-hybridized carbons (Fsp3) is 0.343. The summed E-state index contributed by atoms with van der Waals surface area (Å²) >= 11 is 0. The van der Waals surface area contributed by atoms with Crippen molar-refractivity contribution < 1.29 is 32.7 Å². The number of rotatable bonds is 5. The number of hydrogen-bond donors (Lipinski definition) is 0. The van der Waals surface area contributed by atoms with Gasteiger partial charge in [0.2, 0.25) is 0 Å². The van der Waals surface area contributed by atoms with E-state index in [2.05, 4.69) is 94.8 Å². The van der Waals surface area contributed by atoms with E-state index in [1.807, 2.05) is 27.7 Å². The van der Waals surface area contributed by atoms with Crippen molar-refractivity contribution in [1.82, 2.24) is 0 Å². The minimum absolute atomic E-state index is 0. The normalized spacial score (nSPS) is 14.6. The summed E-state index contributed by atoms with van der Waals surface area (Å²) in [6.45, 7) is 17.1. The van der Waals surface area contributed by atoms with Crippen LogP contribution >= 0.6 is 0 Å². The van der Waals surface area contributed by atoms with Crippen LogP contribution in [0.15, 0.2) is 71.8 Å². The zero-order valence-electron chi connectivity index (χ0n) is 24.5. The van der Waals surface area contributed by atoms with Gasteiger partial charge in [0.1, 0.15) is 0 Å². The van der Waals surface area contributed by atoms with E-state index in [-0.39, 0.29) is 47.6 Å². The van der Waals surface area contributed by atoms with Crippen molar-refractivity contribution in [2.24, 2.45) is 11.8 Å². The van der Waals surface area contributed by atoms with Gasteiger partial charge in [-0.15, -0.1) is 13.0 Å². The molecule has 0 N–H and O–H groups in total. The van der Waals surface area contributed by atoms with Crippen molar-refractivity contribution in [2.75, 3.05) is 0 Å². The molecule has 1 heteroatoms. The van der Waals surface area contributed by atoms with Gasteiger partial charge in [-0.05, 0) is 75.8 Å². The second-order valence-electron chi connectivity index (χ2n) is 9.06. The summed E-state index contributed by atoms with van der Waals surface area (Å²) in [5.74, 6) is 1.35. The van der Waals surface area contributed by atoms with Gasteiger partial charge in [-0.3, -0.25) is 0 Å². The van der Waals surface area contributed by atoms with E-state index >= 15 is 0 Å². The van der Waals surface area contributed by atoms with Crippen LogP contribution in [0.25, 0.3) is 33.4 Å². The van der Waals surface area contributed by atoms with Crippen molar-refractivity contribution in [3.05, 3.63) is 104 Å². The molecule has 0 saturated carbocycles. The fourth-order valence-electron chi connectivity index (χ4n) is 4.77. The van der Waals surface area contributed by atoms with E-state index in [0.29, 0.717) is 11.8 Å². The fourth-order valence-corrected chi connectivity index (χ4v) is 4.77. The van der Waals surface area contributed by atoms with Crippen LogP contribution in [0.2, 0.25) is 0 Å². The minimum Gasteiger partial charge on any atom is -0.358 e. The maximum absolute atomic E-state index is 2.40. The molecule has 2 aromatic rings. The van der Waals surface area contributed by atoms with Gasteiger partial charge in [-0.1, -0.05) is 96.0 Å². The summed E-state index contributed by atoms with van der Waals surface area (Å²) in [6, 6.07) is 14.0. The zero-order valence-corrected chi connectivity index (χ0v) is 27.3. The third-order valence-electron chi connectivity index (χ3n) is 7.10. The van der Waals surface area contributed by atoms with Crippen LogP contribution in [0.4, 0.5) is 0 Å². The van der Waals surface area contributed by atoms with E-state index in [9.17, 15) is 0 Å². The maximum Gasteiger partial charge on any atom is 3.00 e. The Balaban J connectivity index is 0.00000167. The van der Waals surface area contributed by atoms with E-state index < -0.39 is 0 Å². The Morgan fingerprint density at radius 3 is 1.56 bits per heavy atom. The number of fused-ring (bicyclic) bond motifs is 4. The Bertz CT molecular complexity index is 1120. The molecule has 1 atom stereocenters. The van der Waals surface area contributed by atoms with Crippen molar-refractivity contribution in [3.63, 3.8) is 0 Å². The first kappa shape index (κ1) is 34.4. The predicted molar refractivity (Wildman–Crippen MR) is 162 cm³/mol. The summed E-state index contributed by atoms with van der Waals surface area (Å²) in [5.41, 5.74) is 14.3. The Labute approximate surface area is 249 Å². The first-order chi connectivity index (χ1) is 16.0. The maximum atomic E-state index is 2.40. The van der Waals surface area contributed by atoms with Crippen LogP contribution in [0, 0.1) is 33.1 Å². The predicted octanol–water partition coefficient (Wildman–Crippen LogP) is 11.2. The molecule has 3 aliphatic carbocycles. The smallest absolute Gasteiger partial charge is 0.358 e. The van der Waals surface area contributed by atoms with Crippen molar-refractivity contribution in [1.29, 1.82) is 0 Å². The Morgan fingerprint density at radius 2 is 1.11 bits per heavy atom. The third-order valence-corrected chi connectivity index (χ3v) is 7.10. The monoisotopic (exact) mass is 556 g/mol. The first-order valence-corrected chi connectivity index (χ1v) is 12.9. The van der Waals surface area contributed by atoms with E-state index in [0.717, 1.165) is 12.8 Å². The summed E-state index contributed by atoms with van der Waals surface area (Å²) in [4.78, 5) is 0. The molecule has 0 nitrogen and oxygen atoms in total. The number of allylic oxidation sites excluding steroid dienone is 8. The molecule has 0 bridgehead atoms. The van der Waals surface area contributed by atoms with Gasteiger partial charge in [0.05, 0.1) is 0 Å². The van der Waals surface area contributed by atoms with E-state index in [4.69, 9.17) is 0 Å². The van der Waals surface area contributed by atoms with Crippen LogP contribution in [0.5, 0.6) is 0 Å². The molecule has 0 amide bonds. The third kappa shape index (κ3) is 6.82. The first-order valence-electron chi connectivity index (χ1n) is 12.9. The Kier molecular flexibility index (Phi) is 14.9. The van der Waals surface area contributed by atoms with Crippen LogP contribution in [-0.2, 0) is 32.7 Å². The minimum atomic E-state index is 0. The van der Waals surface area contributed by atoms with Gasteiger partial charge in [0, 0.05) is 0 Å². The van der Waals surface area contributed by atoms with Gasteiger partial charge < -0.3 is 14.9 Å². The molecule has 36 heavy (non-hydrogen) atoms. The number of hydrogen-bond acceptors (Lipinski definition) is 0. The molecule has 5 rings (SSSR count). The van der Waals surface area contributed by atoms with Gasteiger partial charge >= 0.3 is 32.7 Å². The quantitative estimate of drug-likeness (QED) is 0.274. The molecule has 0 radical (unpaired) electrons. The van der Waals surface area contributed by atoms with Gasteiger partial charge in [0.25, 0.3) is 0 Å². The second kappa shape index (κ2) is 15.6. The standard InChI is InChI=1S/C29H29.2C2H6.2CH3.Y/c1-5-20-6-7-22(14-20)24-10-12-26-28(16-24)27-13-11-25(17-29(26)27)23-9-8-21(15-23)19(4)18(2)3;2*1-2;;;/h5-13,16-19H,14-15H2,1-4H3;2*1-2H3;2*1H3;/q-1;;;2*-1;+3. The average molecular weight is 557 g/mol. The SMILES string of the molecule is CC.CC.C[CH-]C1=CC=C(c2ccc3c(c2)-c2ccc(C4=CC=C(C(C)C(C)C)C4)cc2-3)C1.[CH3-].[CH3-].[Y+3]. The van der Waals surface area contributed by atoms with Crippen LogP contribution in [0.3, 0.4) is 0 Å². The summed E-state index contributed by atoms with van der Waals surface area (Å²) in [5, 5.41) is 0. The Morgan fingerprint density at radius 1 is 0.639 bits per heavy atom. The number of benzene rings is 2. The molecule has 0 saturated heterocycles. The largest absolute Gasteiger partial charge is 3.00 e. The molecule has 3 aliphatic rings. The van der Waals surface area contributed by atoms with Crippen LogP contribution in [0.1, 0.15) is 79.4 Å². The molecule has 0 aromatic heterocycles. The van der Waals surface area contributed by atoms with Crippen LogP contribution < -0.4 is 0 Å². The zero-order chi connectivity index (χ0) is 24.1. The van der Waals surface area contributed by atoms with Gasteiger partial charge in [-0.2, -0.15) is 0 Å². The molecule has 0 aliphatic heterocycles. The molecule has 1 unspecified atom stereocenters.